The van der Waals surface area contributed by atoms with Gasteiger partial charge in [-0.1, -0.05) is 26.0 Å². The highest BCUT2D eigenvalue weighted by Crippen LogP contribution is 2.21. The van der Waals surface area contributed by atoms with Crippen LogP contribution in [0, 0.1) is 5.92 Å². The number of para-hydroxylation sites is 1. The van der Waals surface area contributed by atoms with E-state index in [1.807, 2.05) is 0 Å². The van der Waals surface area contributed by atoms with E-state index in [2.05, 4.69) is 24.5 Å². The molecule has 0 unspecified atom stereocenters. The Morgan fingerprint density at radius 3 is 2.64 bits per heavy atom. The molecule has 0 aliphatic carbocycles. The zero-order valence-corrected chi connectivity index (χ0v) is 16.4. The van der Waals surface area contributed by atoms with Gasteiger partial charge >= 0.3 is 11.9 Å². The molecule has 0 aromatic heterocycles. The van der Waals surface area contributed by atoms with Crippen molar-refractivity contribution < 1.29 is 29.0 Å². The average molecular weight is 392 g/mol. The molecule has 3 N–H and O–H groups in total. The van der Waals surface area contributed by atoms with Crippen molar-refractivity contribution >= 4 is 23.5 Å². The first-order chi connectivity index (χ1) is 13.3. The number of benzene rings is 1. The highest BCUT2D eigenvalue weighted by molar-refractivity contribution is 6.03. The molecule has 1 heterocycles. The third-order valence-corrected chi connectivity index (χ3v) is 4.78. The van der Waals surface area contributed by atoms with Gasteiger partial charge in [-0.15, -0.1) is 0 Å². The maximum atomic E-state index is 12.8. The number of hydrogen-bond donors (Lipinski definition) is 3. The molecule has 1 amide bonds. The van der Waals surface area contributed by atoms with E-state index in [0.29, 0.717) is 25.4 Å². The number of esters is 1. The topological polar surface area (TPSA) is 114 Å². The lowest BCUT2D eigenvalue weighted by atomic mass is 9.94. The summed E-state index contributed by atoms with van der Waals surface area (Å²) >= 11 is 0. The molecule has 1 fully saturated rings. The minimum atomic E-state index is -1.08. The molecule has 1 aliphatic rings. The smallest absolute Gasteiger partial charge is 0.339 e. The molecule has 154 valence electrons. The summed E-state index contributed by atoms with van der Waals surface area (Å²) in [4.78, 5) is 35.9. The Kier molecular flexibility index (Phi) is 7.95. The van der Waals surface area contributed by atoms with E-state index in [9.17, 15) is 19.5 Å². The Labute approximate surface area is 164 Å². The molecule has 0 spiro atoms. The second-order valence-corrected chi connectivity index (χ2v) is 7.22. The number of carbonyl (C=O) groups excluding carboxylic acids is 2. The summed E-state index contributed by atoms with van der Waals surface area (Å²) in [5, 5.41) is 15.1. The number of carboxylic acids is 1. The summed E-state index contributed by atoms with van der Waals surface area (Å²) in [5.74, 6) is -1.83. The van der Waals surface area contributed by atoms with E-state index in [0.717, 1.165) is 0 Å². The molecular weight excluding hydrogens is 364 g/mol. The Balaban J connectivity index is 2.11. The van der Waals surface area contributed by atoms with Crippen molar-refractivity contribution in [2.75, 3.05) is 19.0 Å². The summed E-state index contributed by atoms with van der Waals surface area (Å²) in [5.41, 5.74) is 0.488. The zero-order chi connectivity index (χ0) is 20.7. The van der Waals surface area contributed by atoms with E-state index in [1.54, 1.807) is 18.2 Å². The predicted octanol–water partition coefficient (Wildman–Crippen LogP) is 2.05. The number of amides is 1. The van der Waals surface area contributed by atoms with Crippen LogP contribution < -0.4 is 10.6 Å². The number of carboxylic acid groups (broad SMARTS) is 1. The van der Waals surface area contributed by atoms with Crippen LogP contribution in [0.5, 0.6) is 0 Å². The molecule has 0 radical (unpaired) electrons. The molecule has 0 saturated carbocycles. The lowest BCUT2D eigenvalue weighted by Crippen LogP contribution is -2.50. The maximum absolute atomic E-state index is 12.8. The van der Waals surface area contributed by atoms with Gasteiger partial charge in [0.1, 0.15) is 0 Å². The Bertz CT molecular complexity index is 706. The first-order valence-electron chi connectivity index (χ1n) is 9.39. The molecule has 2 rings (SSSR count). The largest absolute Gasteiger partial charge is 0.481 e. The number of methoxy groups -OCH3 is 1. The number of anilines is 1. The van der Waals surface area contributed by atoms with Crippen molar-refractivity contribution in [2.24, 2.45) is 5.92 Å². The third kappa shape index (κ3) is 6.03. The second-order valence-electron chi connectivity index (χ2n) is 7.22. The van der Waals surface area contributed by atoms with E-state index in [1.165, 1.54) is 13.2 Å². The number of hydrogen-bond acceptors (Lipinski definition) is 6. The molecule has 1 aromatic rings. The van der Waals surface area contributed by atoms with Crippen molar-refractivity contribution in [3.05, 3.63) is 29.8 Å². The number of aliphatic carboxylic acids is 1. The molecule has 8 heteroatoms. The minimum absolute atomic E-state index is 0.0212. The lowest BCUT2D eigenvalue weighted by molar-refractivity contribution is -0.139. The number of ether oxygens (including phenoxy) is 2. The number of nitrogens with one attached hydrogen (secondary N) is 2. The second kappa shape index (κ2) is 10.2. The van der Waals surface area contributed by atoms with Crippen LogP contribution in [0.2, 0.25) is 0 Å². The van der Waals surface area contributed by atoms with Crippen LogP contribution in [0.25, 0.3) is 0 Å². The molecule has 1 aromatic carbocycles. The fourth-order valence-electron chi connectivity index (χ4n) is 3.23. The van der Waals surface area contributed by atoms with Gasteiger partial charge in [-0.25, -0.2) is 4.79 Å². The van der Waals surface area contributed by atoms with Gasteiger partial charge in [0, 0.05) is 12.6 Å². The van der Waals surface area contributed by atoms with E-state index >= 15 is 0 Å². The Morgan fingerprint density at radius 1 is 1.29 bits per heavy atom. The van der Waals surface area contributed by atoms with Crippen LogP contribution >= 0.6 is 0 Å². The van der Waals surface area contributed by atoms with Crippen molar-refractivity contribution in [3.63, 3.8) is 0 Å². The summed E-state index contributed by atoms with van der Waals surface area (Å²) in [7, 11) is 1.26. The van der Waals surface area contributed by atoms with Gasteiger partial charge in [-0.05, 0) is 30.9 Å². The van der Waals surface area contributed by atoms with Crippen molar-refractivity contribution in [3.8, 4) is 0 Å². The van der Waals surface area contributed by atoms with Crippen molar-refractivity contribution in [1.29, 1.82) is 0 Å². The third-order valence-electron chi connectivity index (χ3n) is 4.78. The van der Waals surface area contributed by atoms with E-state index < -0.39 is 23.9 Å². The Hall–Kier alpha value is -2.45. The van der Waals surface area contributed by atoms with Crippen molar-refractivity contribution in [2.45, 2.75) is 51.3 Å². The summed E-state index contributed by atoms with van der Waals surface area (Å²) in [6, 6.07) is 5.49. The van der Waals surface area contributed by atoms with Gasteiger partial charge in [-0.3, -0.25) is 9.59 Å². The fourth-order valence-corrected chi connectivity index (χ4v) is 3.23. The van der Waals surface area contributed by atoms with Crippen LogP contribution in [-0.2, 0) is 19.1 Å². The quantitative estimate of drug-likeness (QED) is 0.580. The molecule has 1 aliphatic heterocycles. The van der Waals surface area contributed by atoms with E-state index in [-0.39, 0.29) is 29.8 Å². The normalized spacial score (nSPS) is 20.4. The molecule has 28 heavy (non-hydrogen) atoms. The summed E-state index contributed by atoms with van der Waals surface area (Å²) in [6.07, 6.45) is 1.11. The molecule has 1 saturated heterocycles. The molecule has 0 bridgehead atoms. The number of carbonyl (C=O) groups is 3. The van der Waals surface area contributed by atoms with E-state index in [4.69, 9.17) is 9.47 Å². The van der Waals surface area contributed by atoms with Crippen LogP contribution in [-0.4, -0.2) is 54.9 Å². The lowest BCUT2D eigenvalue weighted by Gasteiger charge is -2.34. The number of rotatable bonds is 8. The maximum Gasteiger partial charge on any atom is 0.339 e. The fraction of sp³-hybridized carbons (Fsp3) is 0.550. The van der Waals surface area contributed by atoms with Crippen LogP contribution in [0.4, 0.5) is 5.69 Å². The first-order valence-corrected chi connectivity index (χ1v) is 9.39. The van der Waals surface area contributed by atoms with Gasteiger partial charge < -0.3 is 25.2 Å². The standard InChI is InChI=1S/C20H28N2O6/c1-12(2)17-10-13(8-9-28-17)21-16(11-18(23)24)19(25)22-15-7-5-4-6-14(15)20(26)27-3/h4-7,12-13,16-17,21H,8-11H2,1-3H3,(H,22,25)(H,23,24)/t13-,16+,17-/m0/s1. The monoisotopic (exact) mass is 392 g/mol. The van der Waals surface area contributed by atoms with Gasteiger partial charge in [0.25, 0.3) is 0 Å². The first kappa shape index (κ1) is 21.8. The zero-order valence-electron chi connectivity index (χ0n) is 16.4. The highest BCUT2D eigenvalue weighted by Gasteiger charge is 2.30. The van der Waals surface area contributed by atoms with Crippen LogP contribution in [0.1, 0.15) is 43.5 Å². The van der Waals surface area contributed by atoms with Gasteiger partial charge in [-0.2, -0.15) is 0 Å². The molecular formula is C20H28N2O6. The SMILES string of the molecule is COC(=O)c1ccccc1NC(=O)[C@@H](CC(=O)O)N[C@H]1CCO[C@H](C(C)C)C1. The predicted molar refractivity (Wildman–Crippen MR) is 103 cm³/mol. The van der Waals surface area contributed by atoms with Crippen LogP contribution in [0.15, 0.2) is 24.3 Å². The molecule has 3 atom stereocenters. The van der Waals surface area contributed by atoms with Gasteiger partial charge in [0.05, 0.1) is 36.9 Å². The summed E-state index contributed by atoms with van der Waals surface area (Å²) < 4.78 is 10.5. The van der Waals surface area contributed by atoms with Gasteiger partial charge in [0.15, 0.2) is 0 Å². The molecule has 8 nitrogen and oxygen atoms in total. The Morgan fingerprint density at radius 2 is 2.00 bits per heavy atom. The van der Waals surface area contributed by atoms with Gasteiger partial charge in [0.2, 0.25) is 5.91 Å². The summed E-state index contributed by atoms with van der Waals surface area (Å²) in [6.45, 7) is 4.70. The average Bonchev–Trinajstić information content (AvgIpc) is 2.67. The minimum Gasteiger partial charge on any atom is -0.481 e. The van der Waals surface area contributed by atoms with Crippen LogP contribution in [0.3, 0.4) is 0 Å². The van der Waals surface area contributed by atoms with Crippen molar-refractivity contribution in [1.82, 2.24) is 5.32 Å². The highest BCUT2D eigenvalue weighted by atomic mass is 16.5.